The van der Waals surface area contributed by atoms with Gasteiger partial charge in [-0.15, -0.1) is 0 Å². The van der Waals surface area contributed by atoms with Crippen molar-refractivity contribution in [1.29, 1.82) is 0 Å². The van der Waals surface area contributed by atoms with Crippen molar-refractivity contribution in [3.63, 3.8) is 0 Å². The Hall–Kier alpha value is -5.58. The van der Waals surface area contributed by atoms with Gasteiger partial charge in [-0.1, -0.05) is 60.7 Å². The number of alkyl halides is 12. The van der Waals surface area contributed by atoms with Crippen LogP contribution in [-0.2, 0) is 54.7 Å². The Balaban J connectivity index is 0.000000201. The molecule has 4 aromatic rings. The topological polar surface area (TPSA) is 119 Å². The standard InChI is InChI=1S/2C23H22F6N2O3/c2*1-13(14-7-16(22(24,25)26)9-17(8-14)23(27,28)29)33-12-21(15-5-3-2-4-6-15)10-19-18(11-30-21)31-20(32)34-19/h2*2-9,13,18-19,30H,10-12H2,1H3,(H,31,32)/t13-,18?,19+,21-;13-,18?,19-,21-/m11/s1. The molecule has 8 atom stereocenters. The zero-order valence-electron chi connectivity index (χ0n) is 35.9. The fourth-order valence-electron chi connectivity index (χ4n) is 8.67. The Kier molecular flexibility index (Phi) is 14.1. The van der Waals surface area contributed by atoms with E-state index in [0.29, 0.717) is 50.2 Å². The maximum atomic E-state index is 13.2. The van der Waals surface area contributed by atoms with Gasteiger partial charge in [0.2, 0.25) is 0 Å². The van der Waals surface area contributed by atoms with Crippen molar-refractivity contribution in [3.8, 4) is 0 Å². The third-order valence-corrected chi connectivity index (χ3v) is 12.4. The summed E-state index contributed by atoms with van der Waals surface area (Å²) in [6.45, 7) is 3.36. The van der Waals surface area contributed by atoms with Crippen molar-refractivity contribution >= 4 is 12.2 Å². The molecular formula is C46H44F12N4O6. The van der Waals surface area contributed by atoms with Crippen LogP contribution in [0.5, 0.6) is 0 Å². The summed E-state index contributed by atoms with van der Waals surface area (Å²) in [6.07, 6.45) is -23.3. The first kappa shape index (κ1) is 50.3. The van der Waals surface area contributed by atoms with Gasteiger partial charge in [0.1, 0.15) is 12.2 Å². The maximum absolute atomic E-state index is 13.2. The van der Waals surface area contributed by atoms with Crippen molar-refractivity contribution in [2.24, 2.45) is 0 Å². The lowest BCUT2D eigenvalue weighted by Crippen LogP contribution is -2.59. The highest BCUT2D eigenvalue weighted by Crippen LogP contribution is 2.42. The second-order valence-corrected chi connectivity index (χ2v) is 17.0. The molecule has 4 fully saturated rings. The molecule has 0 bridgehead atoms. The van der Waals surface area contributed by atoms with E-state index in [1.807, 2.05) is 36.4 Å². The first-order valence-corrected chi connectivity index (χ1v) is 21.1. The molecule has 10 nitrogen and oxygen atoms in total. The van der Waals surface area contributed by atoms with Crippen LogP contribution in [0.25, 0.3) is 0 Å². The van der Waals surface area contributed by atoms with Gasteiger partial charge in [0.05, 0.1) is 70.8 Å². The van der Waals surface area contributed by atoms with Crippen molar-refractivity contribution in [3.05, 3.63) is 142 Å². The predicted octanol–water partition coefficient (Wildman–Crippen LogP) is 10.3. The minimum absolute atomic E-state index is 0.0729. The normalized spacial score (nSPS) is 25.9. The highest BCUT2D eigenvalue weighted by molar-refractivity contribution is 5.71. The number of benzene rings is 4. The third kappa shape index (κ3) is 11.5. The second kappa shape index (κ2) is 19.1. The molecule has 68 heavy (non-hydrogen) atoms. The van der Waals surface area contributed by atoms with E-state index in [4.69, 9.17) is 18.9 Å². The first-order valence-electron chi connectivity index (χ1n) is 21.1. The minimum Gasteiger partial charge on any atom is -0.444 e. The van der Waals surface area contributed by atoms with Crippen LogP contribution in [0.1, 0.15) is 83.4 Å². The highest BCUT2D eigenvalue weighted by atomic mass is 19.4. The summed E-state index contributed by atoms with van der Waals surface area (Å²) >= 11 is 0. The first-order chi connectivity index (χ1) is 31.7. The molecule has 4 aromatic carbocycles. The van der Waals surface area contributed by atoms with Gasteiger partial charge in [0, 0.05) is 25.9 Å². The Morgan fingerprint density at radius 1 is 0.529 bits per heavy atom. The SMILES string of the molecule is C[C@@H](OC[C@@]1(c2ccccc2)C[C@@H]2OC(=O)NC2CN1)c1cc(C(F)(F)F)cc(C(F)(F)F)c1.C[C@@H](OC[C@@]1(c2ccccc2)C[C@H]2OC(=O)NC2CN1)c1cc(C(F)(F)F)cc(C(F)(F)F)c1. The molecular weight excluding hydrogens is 933 g/mol. The number of ether oxygens (including phenoxy) is 4. The predicted molar refractivity (Wildman–Crippen MR) is 217 cm³/mol. The number of rotatable bonds is 10. The molecule has 8 rings (SSSR count). The van der Waals surface area contributed by atoms with E-state index >= 15 is 0 Å². The number of hydrogen-bond acceptors (Lipinski definition) is 8. The number of nitrogens with one attached hydrogen (secondary N) is 4. The van der Waals surface area contributed by atoms with Crippen LogP contribution in [0.4, 0.5) is 62.3 Å². The molecule has 2 amide bonds. The molecule has 0 aromatic heterocycles. The third-order valence-electron chi connectivity index (χ3n) is 12.4. The Morgan fingerprint density at radius 3 is 1.13 bits per heavy atom. The van der Waals surface area contributed by atoms with Gasteiger partial charge in [-0.3, -0.25) is 0 Å². The summed E-state index contributed by atoms with van der Waals surface area (Å²) in [4.78, 5) is 23.3. The average Bonchev–Trinajstić information content (AvgIpc) is 3.85. The van der Waals surface area contributed by atoms with E-state index in [-0.39, 0.29) is 48.6 Å². The molecule has 368 valence electrons. The second-order valence-electron chi connectivity index (χ2n) is 17.0. The summed E-state index contributed by atoms with van der Waals surface area (Å²) < 4.78 is 181. The zero-order chi connectivity index (χ0) is 49.5. The van der Waals surface area contributed by atoms with E-state index in [1.54, 1.807) is 24.3 Å². The van der Waals surface area contributed by atoms with Gasteiger partial charge in [0.15, 0.2) is 0 Å². The van der Waals surface area contributed by atoms with E-state index < -0.39 is 94.6 Å². The number of piperidine rings is 2. The molecule has 0 radical (unpaired) electrons. The Labute approximate surface area is 381 Å². The van der Waals surface area contributed by atoms with E-state index in [9.17, 15) is 62.3 Å². The lowest BCUT2D eigenvalue weighted by Gasteiger charge is -2.42. The van der Waals surface area contributed by atoms with Crippen molar-refractivity contribution < 1.29 is 81.2 Å². The molecule has 2 unspecified atom stereocenters. The van der Waals surface area contributed by atoms with Gasteiger partial charge >= 0.3 is 36.9 Å². The van der Waals surface area contributed by atoms with Gasteiger partial charge in [-0.25, -0.2) is 9.59 Å². The molecule has 0 aliphatic carbocycles. The van der Waals surface area contributed by atoms with E-state index in [2.05, 4.69) is 21.3 Å². The van der Waals surface area contributed by atoms with Gasteiger partial charge in [0.25, 0.3) is 0 Å². The summed E-state index contributed by atoms with van der Waals surface area (Å²) in [7, 11) is 0. The lowest BCUT2D eigenvalue weighted by atomic mass is 9.80. The molecule has 0 saturated carbocycles. The summed E-state index contributed by atoms with van der Waals surface area (Å²) in [5.41, 5.74) is -6.20. The van der Waals surface area contributed by atoms with Crippen molar-refractivity contribution in [2.75, 3.05) is 26.3 Å². The van der Waals surface area contributed by atoms with Gasteiger partial charge < -0.3 is 40.2 Å². The quantitative estimate of drug-likeness (QED) is 0.116. The van der Waals surface area contributed by atoms with Crippen molar-refractivity contribution in [2.45, 2.75) is 99.0 Å². The van der Waals surface area contributed by atoms with Crippen LogP contribution in [0.15, 0.2) is 97.1 Å². The Morgan fingerprint density at radius 2 is 0.838 bits per heavy atom. The zero-order valence-corrected chi connectivity index (χ0v) is 35.9. The molecule has 4 N–H and O–H groups in total. The molecule has 4 aliphatic heterocycles. The number of alkyl carbamates (subject to hydrolysis) is 2. The number of carbonyl (C=O) groups is 2. The van der Waals surface area contributed by atoms with Crippen LogP contribution in [0.3, 0.4) is 0 Å². The van der Waals surface area contributed by atoms with Crippen LogP contribution in [-0.4, -0.2) is 62.8 Å². The molecule has 0 spiro atoms. The van der Waals surface area contributed by atoms with E-state index in [1.165, 1.54) is 13.8 Å². The fourth-order valence-corrected chi connectivity index (χ4v) is 8.67. The maximum Gasteiger partial charge on any atom is 0.416 e. The largest absolute Gasteiger partial charge is 0.444 e. The molecule has 4 aliphatic rings. The monoisotopic (exact) mass is 976 g/mol. The van der Waals surface area contributed by atoms with Crippen LogP contribution < -0.4 is 21.3 Å². The summed E-state index contributed by atoms with van der Waals surface area (Å²) in [5.74, 6) is 0. The van der Waals surface area contributed by atoms with Crippen molar-refractivity contribution in [1.82, 2.24) is 21.3 Å². The summed E-state index contributed by atoms with van der Waals surface area (Å²) in [5, 5.41) is 12.1. The average molecular weight is 977 g/mol. The lowest BCUT2D eigenvalue weighted by molar-refractivity contribution is -0.145. The van der Waals surface area contributed by atoms with E-state index in [0.717, 1.165) is 11.1 Å². The van der Waals surface area contributed by atoms with Gasteiger partial charge in [-0.2, -0.15) is 52.7 Å². The molecule has 4 saturated heterocycles. The number of fused-ring (bicyclic) bond motifs is 2. The van der Waals surface area contributed by atoms with Crippen LogP contribution >= 0.6 is 0 Å². The number of carbonyl (C=O) groups excluding carboxylic acids is 2. The minimum atomic E-state index is -4.94. The van der Waals surface area contributed by atoms with Crippen LogP contribution in [0.2, 0.25) is 0 Å². The molecule has 22 heteroatoms. The Bertz CT molecular complexity index is 2190. The number of halogens is 12. The highest BCUT2D eigenvalue weighted by Gasteiger charge is 2.49. The molecule has 4 heterocycles. The number of amides is 2. The van der Waals surface area contributed by atoms with Crippen LogP contribution in [0, 0.1) is 0 Å². The summed E-state index contributed by atoms with van der Waals surface area (Å²) in [6, 6.07) is 20.5. The fraction of sp³-hybridized carbons (Fsp3) is 0.435. The smallest absolute Gasteiger partial charge is 0.416 e. The van der Waals surface area contributed by atoms with Gasteiger partial charge in [-0.05, 0) is 72.5 Å². The number of hydrogen-bond donors (Lipinski definition) is 4.